The predicted molar refractivity (Wildman–Crippen MR) is 71.0 cm³/mol. The first-order valence-electron chi connectivity index (χ1n) is 6.86. The fourth-order valence-corrected chi connectivity index (χ4v) is 2.12. The SMILES string of the molecule is CCCNC(CC(CC)CC)c1coc(C)n1. The lowest BCUT2D eigenvalue weighted by molar-refractivity contribution is 0.366. The van der Waals surface area contributed by atoms with Gasteiger partial charge in [-0.1, -0.05) is 33.6 Å². The zero-order chi connectivity index (χ0) is 12.7. The summed E-state index contributed by atoms with van der Waals surface area (Å²) in [5.74, 6) is 1.52. The molecule has 1 N–H and O–H groups in total. The smallest absolute Gasteiger partial charge is 0.191 e. The molecule has 1 aromatic heterocycles. The summed E-state index contributed by atoms with van der Waals surface area (Å²) < 4.78 is 5.32. The summed E-state index contributed by atoms with van der Waals surface area (Å²) in [6, 6.07) is 0.345. The van der Waals surface area contributed by atoms with Crippen molar-refractivity contribution >= 4 is 0 Å². The van der Waals surface area contributed by atoms with Gasteiger partial charge in [-0.2, -0.15) is 0 Å². The maximum atomic E-state index is 5.32. The van der Waals surface area contributed by atoms with Gasteiger partial charge in [-0.15, -0.1) is 0 Å². The van der Waals surface area contributed by atoms with Gasteiger partial charge in [0.25, 0.3) is 0 Å². The number of hydrogen-bond acceptors (Lipinski definition) is 3. The zero-order valence-electron chi connectivity index (χ0n) is 11.6. The van der Waals surface area contributed by atoms with Crippen LogP contribution in [0.1, 0.15) is 64.1 Å². The molecule has 0 saturated carbocycles. The first kappa shape index (κ1) is 14.2. The number of hydrogen-bond donors (Lipinski definition) is 1. The quantitative estimate of drug-likeness (QED) is 0.747. The summed E-state index contributed by atoms with van der Waals surface area (Å²) in [6.07, 6.45) is 6.57. The van der Waals surface area contributed by atoms with Gasteiger partial charge in [0.1, 0.15) is 6.26 Å². The van der Waals surface area contributed by atoms with E-state index in [1.165, 1.54) is 12.8 Å². The predicted octanol–water partition coefficient (Wildman–Crippen LogP) is 3.85. The molecule has 0 bridgehead atoms. The summed E-state index contributed by atoms with van der Waals surface area (Å²) in [7, 11) is 0. The molecular formula is C14H26N2O. The number of aryl methyl sites for hydroxylation is 1. The van der Waals surface area contributed by atoms with Crippen molar-refractivity contribution in [2.24, 2.45) is 5.92 Å². The van der Waals surface area contributed by atoms with Crippen molar-refractivity contribution < 1.29 is 4.42 Å². The van der Waals surface area contributed by atoms with Crippen LogP contribution >= 0.6 is 0 Å². The average molecular weight is 238 g/mol. The van der Waals surface area contributed by atoms with E-state index in [0.29, 0.717) is 6.04 Å². The second-order valence-electron chi connectivity index (χ2n) is 4.72. The molecule has 0 fully saturated rings. The Bertz CT molecular complexity index is 305. The summed E-state index contributed by atoms with van der Waals surface area (Å²) in [6.45, 7) is 9.65. The molecule has 3 heteroatoms. The topological polar surface area (TPSA) is 38.1 Å². The van der Waals surface area contributed by atoms with E-state index in [0.717, 1.165) is 36.9 Å². The average Bonchev–Trinajstić information content (AvgIpc) is 2.76. The van der Waals surface area contributed by atoms with Crippen LogP contribution in [0.4, 0.5) is 0 Å². The second kappa shape index (κ2) is 7.49. The van der Waals surface area contributed by atoms with E-state index in [9.17, 15) is 0 Å². The fourth-order valence-electron chi connectivity index (χ4n) is 2.12. The third kappa shape index (κ3) is 4.50. The van der Waals surface area contributed by atoms with Crippen LogP contribution in [0.3, 0.4) is 0 Å². The van der Waals surface area contributed by atoms with E-state index in [1.807, 2.05) is 6.92 Å². The number of rotatable bonds is 8. The number of oxazole rings is 1. The largest absolute Gasteiger partial charge is 0.449 e. The molecule has 17 heavy (non-hydrogen) atoms. The highest BCUT2D eigenvalue weighted by Gasteiger charge is 2.18. The summed E-state index contributed by atoms with van der Waals surface area (Å²) in [5.41, 5.74) is 1.06. The van der Waals surface area contributed by atoms with Gasteiger partial charge in [-0.3, -0.25) is 0 Å². The van der Waals surface area contributed by atoms with E-state index < -0.39 is 0 Å². The van der Waals surface area contributed by atoms with Gasteiger partial charge in [0.15, 0.2) is 5.89 Å². The number of aromatic nitrogens is 1. The van der Waals surface area contributed by atoms with Gasteiger partial charge in [0, 0.05) is 6.92 Å². The molecule has 98 valence electrons. The van der Waals surface area contributed by atoms with E-state index in [1.54, 1.807) is 6.26 Å². The zero-order valence-corrected chi connectivity index (χ0v) is 11.6. The molecule has 0 spiro atoms. The summed E-state index contributed by atoms with van der Waals surface area (Å²) >= 11 is 0. The van der Waals surface area contributed by atoms with Crippen LogP contribution in [0.25, 0.3) is 0 Å². The maximum Gasteiger partial charge on any atom is 0.191 e. The van der Waals surface area contributed by atoms with Crippen molar-refractivity contribution in [3.05, 3.63) is 17.8 Å². The lowest BCUT2D eigenvalue weighted by Crippen LogP contribution is -2.24. The third-order valence-corrected chi connectivity index (χ3v) is 3.36. The molecule has 1 rings (SSSR count). The van der Waals surface area contributed by atoms with Gasteiger partial charge < -0.3 is 9.73 Å². The molecule has 0 aromatic carbocycles. The maximum absolute atomic E-state index is 5.32. The molecule has 0 saturated heterocycles. The Hall–Kier alpha value is -0.830. The molecule has 3 nitrogen and oxygen atoms in total. The Labute approximate surface area is 105 Å². The Morgan fingerprint density at radius 2 is 2.00 bits per heavy atom. The Morgan fingerprint density at radius 1 is 1.29 bits per heavy atom. The lowest BCUT2D eigenvalue weighted by Gasteiger charge is -2.21. The van der Waals surface area contributed by atoms with Gasteiger partial charge in [-0.25, -0.2) is 4.98 Å². The molecular weight excluding hydrogens is 212 g/mol. The van der Waals surface area contributed by atoms with Crippen LogP contribution in [-0.4, -0.2) is 11.5 Å². The summed E-state index contributed by atoms with van der Waals surface area (Å²) in [5, 5.41) is 3.58. The molecule has 0 aliphatic carbocycles. The van der Waals surface area contributed by atoms with Crippen molar-refractivity contribution in [2.75, 3.05) is 6.54 Å². The molecule has 1 atom stereocenters. The van der Waals surface area contributed by atoms with E-state index in [-0.39, 0.29) is 0 Å². The standard InChI is InChI=1S/C14H26N2O/c1-5-8-15-13(9-12(6-2)7-3)14-10-17-11(4)16-14/h10,12-13,15H,5-9H2,1-4H3. The molecule has 0 amide bonds. The summed E-state index contributed by atoms with van der Waals surface area (Å²) in [4.78, 5) is 4.46. The second-order valence-corrected chi connectivity index (χ2v) is 4.72. The van der Waals surface area contributed by atoms with Crippen LogP contribution in [0, 0.1) is 12.8 Å². The molecule has 0 aliphatic heterocycles. The number of nitrogens with zero attached hydrogens (tertiary/aromatic N) is 1. The Kier molecular flexibility index (Phi) is 6.27. The minimum Gasteiger partial charge on any atom is -0.449 e. The van der Waals surface area contributed by atoms with Crippen molar-refractivity contribution in [1.29, 1.82) is 0 Å². The highest BCUT2D eigenvalue weighted by Crippen LogP contribution is 2.24. The van der Waals surface area contributed by atoms with Crippen LogP contribution in [0.15, 0.2) is 10.7 Å². The monoisotopic (exact) mass is 238 g/mol. The Morgan fingerprint density at radius 3 is 2.47 bits per heavy atom. The Balaban J connectivity index is 2.66. The molecule has 1 unspecified atom stereocenters. The third-order valence-electron chi connectivity index (χ3n) is 3.36. The van der Waals surface area contributed by atoms with E-state index >= 15 is 0 Å². The van der Waals surface area contributed by atoms with Crippen LogP contribution in [-0.2, 0) is 0 Å². The van der Waals surface area contributed by atoms with Crippen LogP contribution in [0.5, 0.6) is 0 Å². The van der Waals surface area contributed by atoms with Gasteiger partial charge in [0.2, 0.25) is 0 Å². The van der Waals surface area contributed by atoms with Gasteiger partial charge in [0.05, 0.1) is 11.7 Å². The minimum absolute atomic E-state index is 0.345. The van der Waals surface area contributed by atoms with Gasteiger partial charge in [-0.05, 0) is 25.3 Å². The van der Waals surface area contributed by atoms with Crippen LogP contribution in [0.2, 0.25) is 0 Å². The highest BCUT2D eigenvalue weighted by molar-refractivity contribution is 5.03. The van der Waals surface area contributed by atoms with Crippen molar-refractivity contribution in [1.82, 2.24) is 10.3 Å². The molecule has 1 heterocycles. The van der Waals surface area contributed by atoms with E-state index in [4.69, 9.17) is 4.42 Å². The lowest BCUT2D eigenvalue weighted by atomic mass is 9.93. The first-order valence-corrected chi connectivity index (χ1v) is 6.86. The van der Waals surface area contributed by atoms with Crippen molar-refractivity contribution in [2.45, 2.75) is 59.4 Å². The number of nitrogens with one attached hydrogen (secondary N) is 1. The molecule has 1 aromatic rings. The van der Waals surface area contributed by atoms with Crippen molar-refractivity contribution in [3.8, 4) is 0 Å². The van der Waals surface area contributed by atoms with E-state index in [2.05, 4.69) is 31.1 Å². The first-order chi connectivity index (χ1) is 8.21. The van der Waals surface area contributed by atoms with Crippen LogP contribution < -0.4 is 5.32 Å². The molecule has 0 radical (unpaired) electrons. The fraction of sp³-hybridized carbons (Fsp3) is 0.786. The minimum atomic E-state index is 0.345. The van der Waals surface area contributed by atoms with Crippen molar-refractivity contribution in [3.63, 3.8) is 0 Å². The molecule has 0 aliphatic rings. The van der Waals surface area contributed by atoms with Gasteiger partial charge >= 0.3 is 0 Å². The highest BCUT2D eigenvalue weighted by atomic mass is 16.3. The normalized spacial score (nSPS) is 13.2.